The second kappa shape index (κ2) is 5.81. The second-order valence-electron chi connectivity index (χ2n) is 4.29. The number of benzene rings is 2. The molecule has 0 saturated carbocycles. The van der Waals surface area contributed by atoms with E-state index in [9.17, 15) is 0 Å². The standard InChI is InChI=1S/C14H18N4O/c15-13(16)9-1-5-11(6-2-9)19-12-7-3-10(4-8-12)14(17)18/h1-8,13-14H,15-18H2. The van der Waals surface area contributed by atoms with E-state index in [-0.39, 0.29) is 0 Å². The van der Waals surface area contributed by atoms with Crippen molar-refractivity contribution in [2.45, 2.75) is 12.3 Å². The van der Waals surface area contributed by atoms with Crippen molar-refractivity contribution < 1.29 is 4.74 Å². The summed E-state index contributed by atoms with van der Waals surface area (Å²) in [6, 6.07) is 14.6. The van der Waals surface area contributed by atoms with Gasteiger partial charge in [0.15, 0.2) is 0 Å². The van der Waals surface area contributed by atoms with Gasteiger partial charge in [0.05, 0.1) is 12.3 Å². The molecule has 2 rings (SSSR count). The van der Waals surface area contributed by atoms with E-state index in [4.69, 9.17) is 27.7 Å². The first-order valence-corrected chi connectivity index (χ1v) is 5.96. The minimum absolute atomic E-state index is 0.473. The molecule has 8 N–H and O–H groups in total. The van der Waals surface area contributed by atoms with Crippen LogP contribution in [0.2, 0.25) is 0 Å². The maximum Gasteiger partial charge on any atom is 0.127 e. The van der Waals surface area contributed by atoms with Crippen molar-refractivity contribution in [3.63, 3.8) is 0 Å². The molecule has 0 saturated heterocycles. The fourth-order valence-corrected chi connectivity index (χ4v) is 1.65. The minimum Gasteiger partial charge on any atom is -0.457 e. The zero-order valence-electron chi connectivity index (χ0n) is 10.5. The van der Waals surface area contributed by atoms with Gasteiger partial charge in [0.2, 0.25) is 0 Å². The van der Waals surface area contributed by atoms with Gasteiger partial charge in [-0.25, -0.2) is 0 Å². The third kappa shape index (κ3) is 3.52. The number of nitrogens with two attached hydrogens (primary N) is 4. The summed E-state index contributed by atoms with van der Waals surface area (Å²) in [5.74, 6) is 1.43. The number of hydrogen-bond acceptors (Lipinski definition) is 5. The Morgan fingerprint density at radius 2 is 0.895 bits per heavy atom. The molecule has 0 fully saturated rings. The summed E-state index contributed by atoms with van der Waals surface area (Å²) in [4.78, 5) is 0. The first-order valence-electron chi connectivity index (χ1n) is 5.96. The Morgan fingerprint density at radius 1 is 0.579 bits per heavy atom. The molecular formula is C14H18N4O. The Balaban J connectivity index is 2.08. The number of hydrogen-bond donors (Lipinski definition) is 4. The van der Waals surface area contributed by atoms with Crippen LogP contribution >= 0.6 is 0 Å². The second-order valence-corrected chi connectivity index (χ2v) is 4.29. The quantitative estimate of drug-likeness (QED) is 0.617. The molecule has 100 valence electrons. The summed E-state index contributed by atoms with van der Waals surface area (Å²) in [5, 5.41) is 0. The fourth-order valence-electron chi connectivity index (χ4n) is 1.65. The molecule has 0 heterocycles. The van der Waals surface area contributed by atoms with Gasteiger partial charge in [0.25, 0.3) is 0 Å². The van der Waals surface area contributed by atoms with Crippen LogP contribution in [0, 0.1) is 0 Å². The molecule has 0 spiro atoms. The first kappa shape index (κ1) is 13.5. The van der Waals surface area contributed by atoms with Crippen LogP contribution in [0.4, 0.5) is 0 Å². The molecule has 0 aliphatic carbocycles. The van der Waals surface area contributed by atoms with Crippen LogP contribution in [0.3, 0.4) is 0 Å². The van der Waals surface area contributed by atoms with Crippen molar-refractivity contribution in [1.82, 2.24) is 0 Å². The third-order valence-corrected chi connectivity index (χ3v) is 2.77. The Kier molecular flexibility index (Phi) is 4.13. The number of ether oxygens (including phenoxy) is 1. The van der Waals surface area contributed by atoms with Gasteiger partial charge in [0.1, 0.15) is 11.5 Å². The van der Waals surface area contributed by atoms with E-state index in [2.05, 4.69) is 0 Å². The van der Waals surface area contributed by atoms with Crippen molar-refractivity contribution in [1.29, 1.82) is 0 Å². The Hall–Kier alpha value is -1.92. The highest BCUT2D eigenvalue weighted by molar-refractivity contribution is 5.35. The largest absolute Gasteiger partial charge is 0.457 e. The molecule has 0 aliphatic rings. The molecule has 0 aromatic heterocycles. The van der Waals surface area contributed by atoms with Gasteiger partial charge in [0, 0.05) is 0 Å². The molecule has 0 radical (unpaired) electrons. The molecule has 0 atom stereocenters. The highest BCUT2D eigenvalue weighted by Crippen LogP contribution is 2.23. The zero-order valence-corrected chi connectivity index (χ0v) is 10.5. The van der Waals surface area contributed by atoms with Crippen molar-refractivity contribution >= 4 is 0 Å². The lowest BCUT2D eigenvalue weighted by molar-refractivity contribution is 0.482. The smallest absolute Gasteiger partial charge is 0.127 e. The third-order valence-electron chi connectivity index (χ3n) is 2.77. The molecular weight excluding hydrogens is 240 g/mol. The lowest BCUT2D eigenvalue weighted by Crippen LogP contribution is -2.19. The predicted octanol–water partition coefficient (Wildman–Crippen LogP) is 1.31. The van der Waals surface area contributed by atoms with Crippen molar-refractivity contribution in [3.8, 4) is 11.5 Å². The van der Waals surface area contributed by atoms with Crippen LogP contribution in [-0.2, 0) is 0 Å². The topological polar surface area (TPSA) is 113 Å². The molecule has 5 nitrogen and oxygen atoms in total. The van der Waals surface area contributed by atoms with Crippen molar-refractivity contribution in [3.05, 3.63) is 59.7 Å². The van der Waals surface area contributed by atoms with Crippen LogP contribution in [0.1, 0.15) is 23.5 Å². The van der Waals surface area contributed by atoms with Crippen molar-refractivity contribution in [2.24, 2.45) is 22.9 Å². The fraction of sp³-hybridized carbons (Fsp3) is 0.143. The highest BCUT2D eigenvalue weighted by Gasteiger charge is 2.03. The minimum atomic E-state index is -0.473. The molecule has 0 aliphatic heterocycles. The van der Waals surface area contributed by atoms with Gasteiger partial charge in [-0.05, 0) is 35.4 Å². The van der Waals surface area contributed by atoms with E-state index in [0.717, 1.165) is 11.1 Å². The van der Waals surface area contributed by atoms with Gasteiger partial charge in [-0.1, -0.05) is 24.3 Å². The van der Waals surface area contributed by atoms with E-state index in [0.29, 0.717) is 11.5 Å². The van der Waals surface area contributed by atoms with E-state index in [1.807, 2.05) is 48.5 Å². The Morgan fingerprint density at radius 3 is 1.16 bits per heavy atom. The lowest BCUT2D eigenvalue weighted by atomic mass is 10.1. The van der Waals surface area contributed by atoms with Gasteiger partial charge >= 0.3 is 0 Å². The average Bonchev–Trinajstić information content (AvgIpc) is 2.40. The molecule has 0 amide bonds. The molecule has 2 aromatic rings. The Bertz CT molecular complexity index is 471. The van der Waals surface area contributed by atoms with Crippen LogP contribution < -0.4 is 27.7 Å². The summed E-state index contributed by atoms with van der Waals surface area (Å²) >= 11 is 0. The SMILES string of the molecule is NC(N)c1ccc(Oc2ccc(C(N)N)cc2)cc1. The predicted molar refractivity (Wildman–Crippen MR) is 75.2 cm³/mol. The van der Waals surface area contributed by atoms with Crippen LogP contribution in [0.25, 0.3) is 0 Å². The van der Waals surface area contributed by atoms with E-state index in [1.54, 1.807) is 0 Å². The van der Waals surface area contributed by atoms with E-state index >= 15 is 0 Å². The van der Waals surface area contributed by atoms with Crippen LogP contribution in [0.5, 0.6) is 11.5 Å². The van der Waals surface area contributed by atoms with E-state index in [1.165, 1.54) is 0 Å². The summed E-state index contributed by atoms with van der Waals surface area (Å²) < 4.78 is 5.68. The monoisotopic (exact) mass is 258 g/mol. The van der Waals surface area contributed by atoms with Gasteiger partial charge in [-0.15, -0.1) is 0 Å². The van der Waals surface area contributed by atoms with Gasteiger partial charge in [-0.2, -0.15) is 0 Å². The summed E-state index contributed by atoms with van der Waals surface area (Å²) in [6.45, 7) is 0. The molecule has 0 unspecified atom stereocenters. The summed E-state index contributed by atoms with van der Waals surface area (Å²) in [7, 11) is 0. The van der Waals surface area contributed by atoms with Gasteiger partial charge < -0.3 is 27.7 Å². The average molecular weight is 258 g/mol. The lowest BCUT2D eigenvalue weighted by Gasteiger charge is -2.10. The molecule has 0 bridgehead atoms. The Labute approximate surface area is 112 Å². The van der Waals surface area contributed by atoms with Crippen molar-refractivity contribution in [2.75, 3.05) is 0 Å². The first-order chi connectivity index (χ1) is 9.06. The molecule has 5 heteroatoms. The van der Waals surface area contributed by atoms with Crippen LogP contribution in [-0.4, -0.2) is 0 Å². The summed E-state index contributed by atoms with van der Waals surface area (Å²) in [5.41, 5.74) is 24.0. The van der Waals surface area contributed by atoms with Crippen LogP contribution in [0.15, 0.2) is 48.5 Å². The van der Waals surface area contributed by atoms with Gasteiger partial charge in [-0.3, -0.25) is 0 Å². The summed E-state index contributed by atoms with van der Waals surface area (Å²) in [6.07, 6.45) is -0.946. The normalized spacial score (nSPS) is 11.1. The maximum absolute atomic E-state index is 5.68. The molecule has 2 aromatic carbocycles. The highest BCUT2D eigenvalue weighted by atomic mass is 16.5. The zero-order chi connectivity index (χ0) is 13.8. The number of rotatable bonds is 4. The maximum atomic E-state index is 5.68. The van der Waals surface area contributed by atoms with E-state index < -0.39 is 12.3 Å². The molecule has 19 heavy (non-hydrogen) atoms.